The lowest BCUT2D eigenvalue weighted by molar-refractivity contribution is 0.0774. The van der Waals surface area contributed by atoms with E-state index in [0.29, 0.717) is 51.7 Å². The van der Waals surface area contributed by atoms with Gasteiger partial charge in [0.2, 0.25) is 0 Å². The van der Waals surface area contributed by atoms with E-state index in [2.05, 4.69) is 15.3 Å². The summed E-state index contributed by atoms with van der Waals surface area (Å²) < 4.78 is 26.3. The van der Waals surface area contributed by atoms with Gasteiger partial charge in [-0.3, -0.25) is 24.5 Å². The van der Waals surface area contributed by atoms with Gasteiger partial charge in [0, 0.05) is 24.9 Å². The minimum atomic E-state index is -0.376. The zero-order valence-electron chi connectivity index (χ0n) is 23.3. The van der Waals surface area contributed by atoms with Gasteiger partial charge in [-0.25, -0.2) is 9.37 Å². The molecule has 10 heteroatoms. The summed E-state index contributed by atoms with van der Waals surface area (Å²) in [6.07, 6.45) is 7.65. The summed E-state index contributed by atoms with van der Waals surface area (Å²) in [5, 5.41) is 3.59. The Bertz CT molecular complexity index is 1780. The van der Waals surface area contributed by atoms with Crippen LogP contribution in [0.2, 0.25) is 0 Å². The molecule has 3 heterocycles. The van der Waals surface area contributed by atoms with E-state index in [1.54, 1.807) is 50.4 Å². The van der Waals surface area contributed by atoms with Crippen LogP contribution < -0.4 is 20.3 Å². The maximum Gasteiger partial charge on any atom is 0.266 e. The maximum absolute atomic E-state index is 13.4. The topological polar surface area (TPSA) is 98.0 Å². The van der Waals surface area contributed by atoms with Gasteiger partial charge in [-0.2, -0.15) is 0 Å². The van der Waals surface area contributed by atoms with Gasteiger partial charge in [0.25, 0.3) is 11.5 Å². The van der Waals surface area contributed by atoms with Gasteiger partial charge in [-0.1, -0.05) is 12.2 Å². The Morgan fingerprint density at radius 1 is 1.12 bits per heavy atom. The van der Waals surface area contributed by atoms with Crippen LogP contribution in [0.1, 0.15) is 34.6 Å². The quantitative estimate of drug-likeness (QED) is 0.243. The summed E-state index contributed by atoms with van der Waals surface area (Å²) in [4.78, 5) is 37.4. The largest absolute Gasteiger partial charge is 0.496 e. The molecule has 0 spiro atoms. The third-order valence-electron chi connectivity index (χ3n) is 7.52. The third kappa shape index (κ3) is 5.28. The molecule has 214 valence electrons. The number of nitrogens with one attached hydrogen (secondary N) is 1. The van der Waals surface area contributed by atoms with E-state index in [1.165, 1.54) is 16.7 Å². The number of hydrogen-bond acceptors (Lipinski definition) is 7. The van der Waals surface area contributed by atoms with Crippen LogP contribution in [0.3, 0.4) is 0 Å². The molecular formula is C32H30FN5O4. The average Bonchev–Trinajstić information content (AvgIpc) is 3.42. The molecule has 1 aromatic heterocycles. The maximum atomic E-state index is 13.4. The summed E-state index contributed by atoms with van der Waals surface area (Å²) >= 11 is 0. The van der Waals surface area contributed by atoms with Crippen LogP contribution >= 0.6 is 0 Å². The van der Waals surface area contributed by atoms with Gasteiger partial charge in [0.15, 0.2) is 0 Å². The predicted molar refractivity (Wildman–Crippen MR) is 160 cm³/mol. The van der Waals surface area contributed by atoms with Crippen molar-refractivity contribution in [1.29, 1.82) is 0 Å². The molecule has 2 aliphatic heterocycles. The van der Waals surface area contributed by atoms with E-state index in [4.69, 9.17) is 9.47 Å². The summed E-state index contributed by atoms with van der Waals surface area (Å²) in [7, 11) is 1.59. The van der Waals surface area contributed by atoms with Crippen LogP contribution in [0.4, 0.5) is 10.1 Å². The molecule has 1 unspecified atom stereocenters. The van der Waals surface area contributed by atoms with Crippen molar-refractivity contribution in [2.75, 3.05) is 26.9 Å². The Labute approximate surface area is 241 Å². The first kappa shape index (κ1) is 27.3. The van der Waals surface area contributed by atoms with E-state index >= 15 is 0 Å². The van der Waals surface area contributed by atoms with Crippen molar-refractivity contribution in [3.63, 3.8) is 0 Å². The Morgan fingerprint density at radius 3 is 2.76 bits per heavy atom. The summed E-state index contributed by atoms with van der Waals surface area (Å²) in [5.41, 5.74) is 2.86. The SMILES string of the molecule is COc1cc2c(cc1C=CCNCOc1ccc3nc(C)n(-c4ccc(F)cc4)c(=O)c3c1)N=CC1CCCN1C2=O. The van der Waals surface area contributed by atoms with E-state index in [1.807, 2.05) is 29.3 Å². The fourth-order valence-corrected chi connectivity index (χ4v) is 5.41. The number of benzene rings is 3. The van der Waals surface area contributed by atoms with Gasteiger partial charge in [0.1, 0.15) is 29.9 Å². The monoisotopic (exact) mass is 567 g/mol. The van der Waals surface area contributed by atoms with Crippen molar-refractivity contribution in [2.24, 2.45) is 4.99 Å². The number of carbonyl (C=O) groups is 1. The number of carbonyl (C=O) groups excluding carboxylic acids is 1. The lowest BCUT2D eigenvalue weighted by atomic mass is 10.1. The fourth-order valence-electron chi connectivity index (χ4n) is 5.41. The Kier molecular flexibility index (Phi) is 7.54. The summed E-state index contributed by atoms with van der Waals surface area (Å²) in [6.45, 7) is 3.20. The third-order valence-corrected chi connectivity index (χ3v) is 7.52. The first-order valence-corrected chi connectivity index (χ1v) is 13.8. The van der Waals surface area contributed by atoms with Crippen LogP contribution in [-0.4, -0.2) is 59.5 Å². The average molecular weight is 568 g/mol. The highest BCUT2D eigenvalue weighted by Gasteiger charge is 2.32. The number of aryl methyl sites for hydroxylation is 1. The fraction of sp³-hybridized carbons (Fsp3) is 0.250. The summed E-state index contributed by atoms with van der Waals surface area (Å²) in [5.74, 6) is 1.24. The van der Waals surface area contributed by atoms with E-state index in [9.17, 15) is 14.0 Å². The van der Waals surface area contributed by atoms with Crippen LogP contribution in [0, 0.1) is 12.7 Å². The van der Waals surface area contributed by atoms with E-state index < -0.39 is 0 Å². The molecule has 1 amide bonds. The molecule has 0 aliphatic carbocycles. The number of ether oxygens (including phenoxy) is 2. The Hall–Kier alpha value is -4.83. The second kappa shape index (κ2) is 11.6. The van der Waals surface area contributed by atoms with Crippen LogP contribution in [-0.2, 0) is 0 Å². The number of methoxy groups -OCH3 is 1. The molecule has 4 aromatic rings. The van der Waals surface area contributed by atoms with Crippen molar-refractivity contribution >= 4 is 34.8 Å². The smallest absolute Gasteiger partial charge is 0.266 e. The van der Waals surface area contributed by atoms with Gasteiger partial charge in [0.05, 0.1) is 41.0 Å². The molecule has 1 N–H and O–H groups in total. The second-order valence-corrected chi connectivity index (χ2v) is 10.2. The number of aromatic nitrogens is 2. The second-order valence-electron chi connectivity index (χ2n) is 10.2. The van der Waals surface area contributed by atoms with Crippen LogP contribution in [0.5, 0.6) is 11.5 Å². The Balaban J connectivity index is 1.11. The number of aliphatic imine (C=N–C) groups is 1. The van der Waals surface area contributed by atoms with Crippen molar-refractivity contribution in [1.82, 2.24) is 19.8 Å². The molecule has 2 aliphatic rings. The minimum absolute atomic E-state index is 0.00776. The molecule has 3 aromatic carbocycles. The lowest BCUT2D eigenvalue weighted by Crippen LogP contribution is -2.35. The highest BCUT2D eigenvalue weighted by Crippen LogP contribution is 2.34. The Morgan fingerprint density at radius 2 is 1.95 bits per heavy atom. The molecule has 0 bridgehead atoms. The van der Waals surface area contributed by atoms with Crippen molar-refractivity contribution in [3.05, 3.63) is 93.8 Å². The van der Waals surface area contributed by atoms with Crippen molar-refractivity contribution in [2.45, 2.75) is 25.8 Å². The number of fused-ring (bicyclic) bond motifs is 3. The van der Waals surface area contributed by atoms with Crippen LogP contribution in [0.15, 0.2) is 70.5 Å². The van der Waals surface area contributed by atoms with Gasteiger partial charge >= 0.3 is 0 Å². The minimum Gasteiger partial charge on any atom is -0.496 e. The molecule has 6 rings (SSSR count). The highest BCUT2D eigenvalue weighted by molar-refractivity contribution is 6.03. The first-order valence-electron chi connectivity index (χ1n) is 13.8. The van der Waals surface area contributed by atoms with E-state index in [-0.39, 0.29) is 30.1 Å². The van der Waals surface area contributed by atoms with Crippen LogP contribution in [0.25, 0.3) is 22.7 Å². The number of halogens is 1. The predicted octanol–water partition coefficient (Wildman–Crippen LogP) is 4.80. The van der Waals surface area contributed by atoms with Crippen molar-refractivity contribution < 1.29 is 18.7 Å². The number of hydrogen-bond donors (Lipinski definition) is 1. The number of nitrogens with zero attached hydrogens (tertiary/aromatic N) is 4. The van der Waals surface area contributed by atoms with Gasteiger partial charge in [-0.05, 0) is 74.4 Å². The molecule has 1 saturated heterocycles. The molecule has 0 saturated carbocycles. The molecular weight excluding hydrogens is 537 g/mol. The number of amides is 1. The molecule has 42 heavy (non-hydrogen) atoms. The summed E-state index contributed by atoms with van der Waals surface area (Å²) in [6, 6.07) is 14.6. The molecule has 9 nitrogen and oxygen atoms in total. The molecule has 1 fully saturated rings. The lowest BCUT2D eigenvalue weighted by Gasteiger charge is -2.20. The first-order chi connectivity index (χ1) is 20.4. The van der Waals surface area contributed by atoms with Gasteiger partial charge in [-0.15, -0.1) is 0 Å². The molecule has 1 atom stereocenters. The van der Waals surface area contributed by atoms with Crippen molar-refractivity contribution in [3.8, 4) is 17.2 Å². The van der Waals surface area contributed by atoms with Gasteiger partial charge < -0.3 is 14.4 Å². The highest BCUT2D eigenvalue weighted by atomic mass is 19.1. The standard InChI is InChI=1S/C32H30FN5O4/c1-20-36-28-12-11-25(16-26(28)32(40)38(20)23-9-7-22(33)8-10-23)42-19-34-13-3-5-21-15-29-27(17-30(21)41-2)31(39)37-14-4-6-24(37)18-35-29/h3,5,7-12,15-18,24,34H,4,6,13-14,19H2,1-2H3. The zero-order chi connectivity index (χ0) is 29.2. The van der Waals surface area contributed by atoms with E-state index in [0.717, 1.165) is 24.9 Å². The molecule has 0 radical (unpaired) electrons. The zero-order valence-corrected chi connectivity index (χ0v) is 23.3. The normalized spacial score (nSPS) is 16.1. The number of rotatable bonds is 8.